The molecule has 0 saturated carbocycles. The van der Waals surface area contributed by atoms with Crippen molar-refractivity contribution in [2.45, 2.75) is 0 Å². The molecular weight excluding hydrogens is 1410 g/mol. The Morgan fingerprint density at radius 1 is 0.164 bits per heavy atom. The van der Waals surface area contributed by atoms with Gasteiger partial charge in [0.05, 0.1) is 66.5 Å². The van der Waals surface area contributed by atoms with Crippen molar-refractivity contribution >= 4 is 195 Å². The average molecular weight is 1470 g/mol. The van der Waals surface area contributed by atoms with Crippen LogP contribution in [0.3, 0.4) is 0 Å². The Labute approximate surface area is 663 Å². The van der Waals surface area contributed by atoms with Crippen LogP contribution in [0.4, 0.5) is 0 Å². The molecule has 0 atom stereocenters. The van der Waals surface area contributed by atoms with Crippen LogP contribution in [0, 0.1) is 0 Å². The maximum absolute atomic E-state index is 5.55. The lowest BCUT2D eigenvalue weighted by Crippen LogP contribution is -2.03. The molecule has 0 aliphatic heterocycles. The van der Waals surface area contributed by atoms with E-state index in [4.69, 9.17) is 19.9 Å². The highest BCUT2D eigenvalue weighted by molar-refractivity contribution is 6.25. The molecule has 0 unspecified atom stereocenters. The van der Waals surface area contributed by atoms with Gasteiger partial charge >= 0.3 is 0 Å². The van der Waals surface area contributed by atoms with E-state index >= 15 is 0 Å². The fourth-order valence-corrected chi connectivity index (χ4v) is 19.4. The molecule has 0 amide bonds. The van der Waals surface area contributed by atoms with E-state index in [0.29, 0.717) is 11.6 Å². The number of hydrogen-bond acceptors (Lipinski definition) is 4. The number of aromatic nitrogens is 8. The van der Waals surface area contributed by atoms with E-state index in [0.717, 1.165) is 83.4 Å². The van der Waals surface area contributed by atoms with Crippen molar-refractivity contribution in [1.29, 1.82) is 0 Å². The predicted molar refractivity (Wildman–Crippen MR) is 487 cm³/mol. The van der Waals surface area contributed by atoms with Crippen LogP contribution < -0.4 is 0 Å². The summed E-state index contributed by atoms with van der Waals surface area (Å²) in [5.74, 6) is 3.16. The molecule has 26 aromatic rings. The van der Waals surface area contributed by atoms with E-state index in [-0.39, 0.29) is 0 Å². The highest BCUT2D eigenvalue weighted by Crippen LogP contribution is 2.46. The van der Waals surface area contributed by atoms with Gasteiger partial charge in [0.1, 0.15) is 11.6 Å². The third-order valence-electron chi connectivity index (χ3n) is 24.5. The SMILES string of the molecule is c1cc(-n2c3ccccc3c3c4ccccc4ccc32)c2cc3c4ccccc4n(-c4nc(-c5cc6ccccc6c6ccccc56)nc5ccccc45)c3cc2c1.c1cc(-n2c3ccccc3c3c4ccccc4ccc32)c2cc3c4ccccc4n(-c4nc(-c5ccc6c(ccc7ccccc76)c5)nc5ccccc45)c3cc2c1. The first-order chi connectivity index (χ1) is 57.5. The van der Waals surface area contributed by atoms with Crippen LogP contribution in [0.15, 0.2) is 388 Å². The van der Waals surface area contributed by atoms with Crippen molar-refractivity contribution in [3.05, 3.63) is 388 Å². The van der Waals surface area contributed by atoms with Gasteiger partial charge < -0.3 is 9.13 Å². The molecule has 0 radical (unpaired) electrons. The second-order valence-electron chi connectivity index (χ2n) is 30.7. The summed E-state index contributed by atoms with van der Waals surface area (Å²) >= 11 is 0. The molecule has 0 aliphatic carbocycles. The van der Waals surface area contributed by atoms with Gasteiger partial charge in [0.25, 0.3) is 0 Å². The van der Waals surface area contributed by atoms with Crippen LogP contribution in [0.25, 0.3) is 241 Å². The standard InChI is InChI=1S/2C54H32N4/c1-4-18-37-33(14-1)28-29-50-52(37)42-23-9-12-26-48(42)57(50)49-27-13-16-35-31-51-44(32-43(35)49)40-21-8-11-25-47(40)58(51)54-41-22-7-10-24-46(41)55-53(56-54)45-30-34-15-2-3-17-36(34)38-19-5-6-20-39(38)45;1-3-15-38-33(12-1)24-25-36-30-37(26-28-39(36)38)53-55-46-20-8-5-18-42(46)54(56-53)58-47-21-9-6-17-41(47)45-32-44-35(31-51(45)58)14-11-23-49(44)57-48-22-10-7-19-43(48)52-40-16-4-2-13-34(40)27-29-50(52)57/h2*1-32H. The molecule has 20 aromatic carbocycles. The van der Waals surface area contributed by atoms with E-state index < -0.39 is 0 Å². The zero-order chi connectivity index (χ0) is 75.8. The van der Waals surface area contributed by atoms with E-state index in [1.165, 1.54) is 146 Å². The molecule has 6 heterocycles. The molecule has 6 aromatic heterocycles. The van der Waals surface area contributed by atoms with E-state index in [2.05, 4.69) is 407 Å². The summed E-state index contributed by atoms with van der Waals surface area (Å²) in [6.07, 6.45) is 0. The second kappa shape index (κ2) is 24.9. The number of nitrogens with zero attached hydrogens (tertiary/aromatic N) is 8. The monoisotopic (exact) mass is 1470 g/mol. The summed E-state index contributed by atoms with van der Waals surface area (Å²) < 4.78 is 9.63. The molecular formula is C108H64N8. The van der Waals surface area contributed by atoms with E-state index in [9.17, 15) is 0 Å². The Morgan fingerprint density at radius 2 is 0.517 bits per heavy atom. The normalized spacial score (nSPS) is 12.1. The van der Waals surface area contributed by atoms with Crippen LogP contribution in [0.2, 0.25) is 0 Å². The first-order valence-corrected chi connectivity index (χ1v) is 39.7. The van der Waals surface area contributed by atoms with Gasteiger partial charge in [0, 0.05) is 75.8 Å². The van der Waals surface area contributed by atoms with Gasteiger partial charge in [-0.05, 0) is 185 Å². The van der Waals surface area contributed by atoms with Crippen LogP contribution in [0.1, 0.15) is 0 Å². The Balaban J connectivity index is 0.000000130. The molecule has 26 rings (SSSR count). The number of hydrogen-bond donors (Lipinski definition) is 0. The Morgan fingerprint density at radius 3 is 1.05 bits per heavy atom. The Kier molecular flexibility index (Phi) is 13.8. The molecule has 8 heteroatoms. The van der Waals surface area contributed by atoms with E-state index in [1.807, 2.05) is 0 Å². The van der Waals surface area contributed by atoms with Gasteiger partial charge in [-0.1, -0.05) is 279 Å². The summed E-state index contributed by atoms with van der Waals surface area (Å²) in [4.78, 5) is 21.5. The van der Waals surface area contributed by atoms with Gasteiger partial charge in [-0.2, -0.15) is 0 Å². The zero-order valence-corrected chi connectivity index (χ0v) is 62.5. The highest BCUT2D eigenvalue weighted by Gasteiger charge is 2.26. The fraction of sp³-hybridized carbons (Fsp3) is 0. The Bertz CT molecular complexity index is 8760. The van der Waals surface area contributed by atoms with Gasteiger partial charge in [0.15, 0.2) is 11.6 Å². The molecule has 0 aliphatic rings. The second-order valence-corrected chi connectivity index (χ2v) is 30.7. The molecule has 536 valence electrons. The lowest BCUT2D eigenvalue weighted by atomic mass is 9.97. The molecule has 116 heavy (non-hydrogen) atoms. The van der Waals surface area contributed by atoms with Crippen molar-refractivity contribution in [2.24, 2.45) is 0 Å². The molecule has 8 nitrogen and oxygen atoms in total. The van der Waals surface area contributed by atoms with Crippen LogP contribution in [-0.4, -0.2) is 38.2 Å². The minimum Gasteiger partial charge on any atom is -0.309 e. The number of para-hydroxylation sites is 6. The van der Waals surface area contributed by atoms with Gasteiger partial charge in [-0.15, -0.1) is 0 Å². The summed E-state index contributed by atoms with van der Waals surface area (Å²) in [6.45, 7) is 0. The van der Waals surface area contributed by atoms with Crippen molar-refractivity contribution in [3.63, 3.8) is 0 Å². The summed E-state index contributed by atoms with van der Waals surface area (Å²) in [5.41, 5.74) is 15.4. The molecule has 0 saturated heterocycles. The van der Waals surface area contributed by atoms with Crippen molar-refractivity contribution < 1.29 is 0 Å². The van der Waals surface area contributed by atoms with Crippen molar-refractivity contribution in [2.75, 3.05) is 0 Å². The van der Waals surface area contributed by atoms with Crippen LogP contribution >= 0.6 is 0 Å². The van der Waals surface area contributed by atoms with Crippen LogP contribution in [-0.2, 0) is 0 Å². The third-order valence-corrected chi connectivity index (χ3v) is 24.5. The molecule has 0 spiro atoms. The first-order valence-electron chi connectivity index (χ1n) is 39.7. The topological polar surface area (TPSA) is 71.3 Å². The number of benzene rings is 20. The quantitative estimate of drug-likeness (QED) is 0.156. The fourth-order valence-electron chi connectivity index (χ4n) is 19.4. The smallest absolute Gasteiger partial charge is 0.162 e. The van der Waals surface area contributed by atoms with Gasteiger partial charge in [-0.3, -0.25) is 9.13 Å². The van der Waals surface area contributed by atoms with Crippen molar-refractivity contribution in [3.8, 4) is 45.8 Å². The number of fused-ring (bicyclic) bond motifs is 26. The third kappa shape index (κ3) is 9.49. The Hall–Kier alpha value is -15.6. The molecule has 0 fully saturated rings. The lowest BCUT2D eigenvalue weighted by Gasteiger charge is -2.15. The first kappa shape index (κ1) is 64.1. The molecule has 0 N–H and O–H groups in total. The van der Waals surface area contributed by atoms with Gasteiger partial charge in [-0.25, -0.2) is 19.9 Å². The van der Waals surface area contributed by atoms with Crippen molar-refractivity contribution in [1.82, 2.24) is 38.2 Å². The predicted octanol–water partition coefficient (Wildman–Crippen LogP) is 28.2. The largest absolute Gasteiger partial charge is 0.309 e. The lowest BCUT2D eigenvalue weighted by molar-refractivity contribution is 1.08. The zero-order valence-electron chi connectivity index (χ0n) is 62.5. The average Bonchev–Trinajstić information content (AvgIpc) is 1.55. The summed E-state index contributed by atoms with van der Waals surface area (Å²) in [6, 6.07) is 140. The van der Waals surface area contributed by atoms with Gasteiger partial charge in [0.2, 0.25) is 0 Å². The highest BCUT2D eigenvalue weighted by atomic mass is 15.1. The summed E-state index contributed by atoms with van der Waals surface area (Å²) in [7, 11) is 0. The van der Waals surface area contributed by atoms with E-state index in [1.54, 1.807) is 0 Å². The maximum Gasteiger partial charge on any atom is 0.162 e. The maximum atomic E-state index is 5.55. The summed E-state index contributed by atoms with van der Waals surface area (Å²) in [5, 5.41) is 31.2. The number of rotatable bonds is 6. The van der Waals surface area contributed by atoms with Crippen LogP contribution in [0.5, 0.6) is 0 Å². The molecule has 0 bridgehead atoms. The minimum atomic E-state index is 0.705. The minimum absolute atomic E-state index is 0.705.